The van der Waals surface area contributed by atoms with Crippen molar-refractivity contribution in [3.05, 3.63) is 42.2 Å². The lowest BCUT2D eigenvalue weighted by Gasteiger charge is -2.35. The molecule has 0 N–H and O–H groups in total. The van der Waals surface area contributed by atoms with Gasteiger partial charge >= 0.3 is 0 Å². The summed E-state index contributed by atoms with van der Waals surface area (Å²) >= 11 is 0. The van der Waals surface area contributed by atoms with Crippen LogP contribution < -0.4 is 0 Å². The van der Waals surface area contributed by atoms with Gasteiger partial charge in [-0.25, -0.2) is 0 Å². The first kappa shape index (κ1) is 21.5. The average Bonchev–Trinajstić information content (AvgIpc) is 3.28. The zero-order valence-electron chi connectivity index (χ0n) is 18.0. The quantitative estimate of drug-likeness (QED) is 0.673. The van der Waals surface area contributed by atoms with E-state index < -0.39 is 0 Å². The highest BCUT2D eigenvalue weighted by atomic mass is 16.5. The van der Waals surface area contributed by atoms with Crippen molar-refractivity contribution in [2.24, 2.45) is 5.92 Å². The summed E-state index contributed by atoms with van der Waals surface area (Å²) in [7, 11) is 1.78. The summed E-state index contributed by atoms with van der Waals surface area (Å²) in [4.78, 5) is 31.2. The summed E-state index contributed by atoms with van der Waals surface area (Å²) in [5, 5.41) is 4.12. The number of carbonyl (C=O) groups excluding carboxylic acids is 2. The smallest absolute Gasteiger partial charge is 0.227 e. The van der Waals surface area contributed by atoms with E-state index in [2.05, 4.69) is 10.1 Å². The Kier molecular flexibility index (Phi) is 6.99. The van der Waals surface area contributed by atoms with Crippen LogP contribution in [0.2, 0.25) is 0 Å². The van der Waals surface area contributed by atoms with Gasteiger partial charge in [-0.2, -0.15) is 0 Å². The third kappa shape index (κ3) is 5.51. The Balaban J connectivity index is 1.30. The number of benzene rings is 1. The molecule has 166 valence electrons. The van der Waals surface area contributed by atoms with Gasteiger partial charge in [0.1, 0.15) is 5.69 Å². The summed E-state index contributed by atoms with van der Waals surface area (Å²) < 4.78 is 10.8. The maximum absolute atomic E-state index is 13.0. The van der Waals surface area contributed by atoms with Crippen LogP contribution >= 0.6 is 0 Å². The molecule has 8 heteroatoms. The third-order valence-electron chi connectivity index (χ3n) is 6.04. The number of hydrogen-bond acceptors (Lipinski definition) is 6. The van der Waals surface area contributed by atoms with Gasteiger partial charge in [-0.15, -0.1) is 0 Å². The Morgan fingerprint density at radius 1 is 1.19 bits per heavy atom. The molecule has 2 aliphatic heterocycles. The first-order valence-corrected chi connectivity index (χ1v) is 10.9. The normalized spacial score (nSPS) is 20.1. The molecule has 0 spiro atoms. The van der Waals surface area contributed by atoms with Gasteiger partial charge in [0, 0.05) is 57.8 Å². The third-order valence-corrected chi connectivity index (χ3v) is 6.04. The standard InChI is InChI=1S/C23H30N4O4/c1-25(17-20-15-21(24-31-20)18-5-3-2-4-6-18)23(29)19-7-8-22(28)27(16-19)10-9-26-11-13-30-14-12-26/h2-6,15,19H,7-14,16-17H2,1H3/t19-/m0/s1. The molecule has 8 nitrogen and oxygen atoms in total. The lowest BCUT2D eigenvalue weighted by molar-refractivity contribution is -0.143. The van der Waals surface area contributed by atoms with E-state index in [9.17, 15) is 9.59 Å². The second-order valence-electron chi connectivity index (χ2n) is 8.27. The maximum atomic E-state index is 13.0. The van der Waals surface area contributed by atoms with E-state index in [0.717, 1.165) is 44.1 Å². The van der Waals surface area contributed by atoms with Crippen LogP contribution in [-0.4, -0.2) is 84.7 Å². The molecule has 0 bridgehead atoms. The molecule has 2 amide bonds. The lowest BCUT2D eigenvalue weighted by Crippen LogP contribution is -2.49. The first-order chi connectivity index (χ1) is 15.1. The Morgan fingerprint density at radius 2 is 1.97 bits per heavy atom. The number of amides is 2. The van der Waals surface area contributed by atoms with E-state index in [1.807, 2.05) is 41.3 Å². The summed E-state index contributed by atoms with van der Waals surface area (Å²) in [5.74, 6) is 0.652. The van der Waals surface area contributed by atoms with Crippen molar-refractivity contribution < 1.29 is 18.8 Å². The monoisotopic (exact) mass is 426 g/mol. The predicted molar refractivity (Wildman–Crippen MR) is 115 cm³/mol. The van der Waals surface area contributed by atoms with E-state index in [1.165, 1.54) is 0 Å². The SMILES string of the molecule is CN(Cc1cc(-c2ccccc2)no1)C(=O)[C@H]1CCC(=O)N(CCN2CCOCC2)C1. The Labute approximate surface area is 182 Å². The minimum atomic E-state index is -0.177. The van der Waals surface area contributed by atoms with Crippen molar-refractivity contribution in [3.8, 4) is 11.3 Å². The van der Waals surface area contributed by atoms with Crippen molar-refractivity contribution in [2.75, 3.05) is 53.0 Å². The Bertz CT molecular complexity index is 879. The number of aromatic nitrogens is 1. The van der Waals surface area contributed by atoms with Gasteiger partial charge in [-0.3, -0.25) is 14.5 Å². The van der Waals surface area contributed by atoms with Crippen molar-refractivity contribution in [3.63, 3.8) is 0 Å². The number of ether oxygens (including phenoxy) is 1. The van der Waals surface area contributed by atoms with Gasteiger partial charge < -0.3 is 19.1 Å². The summed E-state index contributed by atoms with van der Waals surface area (Å²) in [6.07, 6.45) is 1.02. The summed E-state index contributed by atoms with van der Waals surface area (Å²) in [6.45, 7) is 5.61. The van der Waals surface area contributed by atoms with Gasteiger partial charge in [0.05, 0.1) is 25.7 Å². The second kappa shape index (κ2) is 10.1. The van der Waals surface area contributed by atoms with Gasteiger partial charge in [0.2, 0.25) is 11.8 Å². The van der Waals surface area contributed by atoms with Gasteiger partial charge in [0.15, 0.2) is 5.76 Å². The lowest BCUT2D eigenvalue weighted by atomic mass is 9.96. The van der Waals surface area contributed by atoms with Crippen LogP contribution in [0.4, 0.5) is 0 Å². The van der Waals surface area contributed by atoms with E-state index in [1.54, 1.807) is 11.9 Å². The minimum Gasteiger partial charge on any atom is -0.379 e. The fourth-order valence-electron chi connectivity index (χ4n) is 4.18. The fourth-order valence-corrected chi connectivity index (χ4v) is 4.18. The fraction of sp³-hybridized carbons (Fsp3) is 0.522. The molecule has 3 heterocycles. The molecule has 1 aromatic heterocycles. The van der Waals surface area contributed by atoms with E-state index in [4.69, 9.17) is 9.26 Å². The molecule has 2 fully saturated rings. The minimum absolute atomic E-state index is 0.0431. The summed E-state index contributed by atoms with van der Waals surface area (Å²) in [5.41, 5.74) is 1.74. The van der Waals surface area contributed by atoms with Crippen LogP contribution in [-0.2, 0) is 20.9 Å². The molecule has 4 rings (SSSR count). The highest BCUT2D eigenvalue weighted by molar-refractivity contribution is 5.83. The number of hydrogen-bond donors (Lipinski definition) is 0. The molecular weight excluding hydrogens is 396 g/mol. The number of rotatable bonds is 7. The highest BCUT2D eigenvalue weighted by Gasteiger charge is 2.32. The van der Waals surface area contributed by atoms with E-state index in [-0.39, 0.29) is 17.7 Å². The van der Waals surface area contributed by atoms with Crippen molar-refractivity contribution >= 4 is 11.8 Å². The molecule has 2 aromatic rings. The first-order valence-electron chi connectivity index (χ1n) is 10.9. The van der Waals surface area contributed by atoms with Crippen LogP contribution in [0.15, 0.2) is 40.9 Å². The largest absolute Gasteiger partial charge is 0.379 e. The van der Waals surface area contributed by atoms with Crippen molar-refractivity contribution in [1.29, 1.82) is 0 Å². The topological polar surface area (TPSA) is 79.1 Å². The number of piperidine rings is 1. The molecule has 0 unspecified atom stereocenters. The van der Waals surface area contributed by atoms with Gasteiger partial charge in [0.25, 0.3) is 0 Å². The van der Waals surface area contributed by atoms with Crippen LogP contribution in [0.1, 0.15) is 18.6 Å². The zero-order chi connectivity index (χ0) is 21.6. The Hall–Kier alpha value is -2.71. The number of morpholine rings is 1. The molecule has 0 aliphatic carbocycles. The van der Waals surface area contributed by atoms with Crippen LogP contribution in [0.5, 0.6) is 0 Å². The van der Waals surface area contributed by atoms with Crippen LogP contribution in [0.25, 0.3) is 11.3 Å². The molecule has 0 radical (unpaired) electrons. The van der Waals surface area contributed by atoms with Gasteiger partial charge in [-0.1, -0.05) is 35.5 Å². The molecule has 2 aliphatic rings. The molecule has 1 atom stereocenters. The van der Waals surface area contributed by atoms with Crippen LogP contribution in [0, 0.1) is 5.92 Å². The molecule has 0 saturated carbocycles. The number of likely N-dealkylation sites (tertiary alicyclic amines) is 1. The number of nitrogens with zero attached hydrogens (tertiary/aromatic N) is 4. The van der Waals surface area contributed by atoms with E-state index >= 15 is 0 Å². The van der Waals surface area contributed by atoms with Crippen molar-refractivity contribution in [1.82, 2.24) is 19.9 Å². The van der Waals surface area contributed by atoms with Crippen LogP contribution in [0.3, 0.4) is 0 Å². The van der Waals surface area contributed by atoms with Crippen molar-refractivity contribution in [2.45, 2.75) is 19.4 Å². The number of carbonyl (C=O) groups is 2. The molecule has 2 saturated heterocycles. The average molecular weight is 427 g/mol. The maximum Gasteiger partial charge on any atom is 0.227 e. The zero-order valence-corrected chi connectivity index (χ0v) is 18.0. The molecular formula is C23H30N4O4. The van der Waals surface area contributed by atoms with E-state index in [0.29, 0.717) is 38.2 Å². The molecule has 31 heavy (non-hydrogen) atoms. The van der Waals surface area contributed by atoms with Gasteiger partial charge in [-0.05, 0) is 6.42 Å². The second-order valence-corrected chi connectivity index (χ2v) is 8.27. The Morgan fingerprint density at radius 3 is 2.74 bits per heavy atom. The summed E-state index contributed by atoms with van der Waals surface area (Å²) in [6, 6.07) is 11.7. The molecule has 1 aromatic carbocycles. The highest BCUT2D eigenvalue weighted by Crippen LogP contribution is 2.22. The predicted octanol–water partition coefficient (Wildman–Crippen LogP) is 1.87.